The number of guanidine groups is 1. The van der Waals surface area contributed by atoms with Crippen molar-refractivity contribution in [3.05, 3.63) is 71.3 Å². The first-order valence-electron chi connectivity index (χ1n) is 10.2. The summed E-state index contributed by atoms with van der Waals surface area (Å²) in [5.74, 6) is -0.470. The van der Waals surface area contributed by atoms with E-state index in [-0.39, 0.29) is 22.8 Å². The molecule has 0 saturated carbocycles. The fourth-order valence-electron chi connectivity index (χ4n) is 3.47. The number of amides is 2. The summed E-state index contributed by atoms with van der Waals surface area (Å²) >= 11 is 0. The van der Waals surface area contributed by atoms with Gasteiger partial charge in [-0.25, -0.2) is 4.99 Å². The van der Waals surface area contributed by atoms with Crippen LogP contribution in [-0.4, -0.2) is 39.1 Å². The molecule has 0 unspecified atom stereocenters. The minimum atomic E-state index is -0.662. The molecule has 5 N–H and O–H groups in total. The van der Waals surface area contributed by atoms with Gasteiger partial charge in [0.2, 0.25) is 11.7 Å². The van der Waals surface area contributed by atoms with E-state index in [0.29, 0.717) is 17.2 Å². The zero-order chi connectivity index (χ0) is 24.8. The van der Waals surface area contributed by atoms with Gasteiger partial charge in [-0.15, -0.1) is 0 Å². The molecular weight excluding hydrogens is 436 g/mol. The summed E-state index contributed by atoms with van der Waals surface area (Å²) in [4.78, 5) is 29.1. The average molecular weight is 463 g/mol. The Morgan fingerprint density at radius 2 is 1.50 bits per heavy atom. The smallest absolute Gasteiger partial charge is 0.258 e. The highest BCUT2D eigenvalue weighted by molar-refractivity contribution is 6.07. The molecule has 0 atom stereocenters. The Balaban J connectivity index is 1.98. The Kier molecular flexibility index (Phi) is 7.37. The minimum Gasteiger partial charge on any atom is -0.493 e. The monoisotopic (exact) mass is 462 g/mol. The van der Waals surface area contributed by atoms with Gasteiger partial charge in [-0.3, -0.25) is 14.9 Å². The van der Waals surface area contributed by atoms with Crippen LogP contribution in [0.3, 0.4) is 0 Å². The highest BCUT2D eigenvalue weighted by atomic mass is 16.5. The van der Waals surface area contributed by atoms with Crippen molar-refractivity contribution in [3.8, 4) is 28.4 Å². The number of hydrogen-bond donors (Lipinski definition) is 3. The van der Waals surface area contributed by atoms with Gasteiger partial charge in [0, 0.05) is 5.56 Å². The highest BCUT2D eigenvalue weighted by Gasteiger charge is 2.18. The first-order chi connectivity index (χ1) is 16.3. The van der Waals surface area contributed by atoms with Crippen molar-refractivity contribution >= 4 is 23.5 Å². The highest BCUT2D eigenvalue weighted by Crippen LogP contribution is 2.38. The summed E-state index contributed by atoms with van der Waals surface area (Å²) in [6, 6.07) is 15.9. The van der Waals surface area contributed by atoms with Crippen molar-refractivity contribution in [2.45, 2.75) is 6.92 Å². The molecule has 0 aromatic heterocycles. The SMILES string of the molecule is COc1cc(C(=O)NC(N)=Nc2cc(-c3ccccc3)c(C)cc2C(N)=O)cc(OC)c1OC. The number of nitrogens with zero attached hydrogens (tertiary/aromatic N) is 1. The van der Waals surface area contributed by atoms with Crippen molar-refractivity contribution in [1.82, 2.24) is 5.32 Å². The largest absolute Gasteiger partial charge is 0.493 e. The van der Waals surface area contributed by atoms with Crippen LogP contribution in [-0.2, 0) is 0 Å². The minimum absolute atomic E-state index is 0.183. The first-order valence-corrected chi connectivity index (χ1v) is 10.2. The molecule has 2 amide bonds. The van der Waals surface area contributed by atoms with E-state index in [0.717, 1.165) is 16.7 Å². The van der Waals surface area contributed by atoms with Gasteiger partial charge in [-0.2, -0.15) is 0 Å². The number of aliphatic imine (C=N–C) groups is 1. The van der Waals surface area contributed by atoms with E-state index in [2.05, 4.69) is 10.3 Å². The van der Waals surface area contributed by atoms with E-state index in [1.165, 1.54) is 33.5 Å². The fourth-order valence-corrected chi connectivity index (χ4v) is 3.47. The second-order valence-corrected chi connectivity index (χ2v) is 7.28. The molecule has 3 aromatic carbocycles. The van der Waals surface area contributed by atoms with Gasteiger partial charge in [0.25, 0.3) is 11.8 Å². The molecule has 0 heterocycles. The standard InChI is InChI=1S/C25H26N4O5/c1-14-10-18(23(26)30)19(13-17(14)15-8-6-5-7-9-15)28-25(27)29-24(31)16-11-20(32-2)22(34-4)21(12-16)33-3/h5-13H,1-4H3,(H2,26,30)(H3,27,28,29,31). The van der Waals surface area contributed by atoms with E-state index in [9.17, 15) is 9.59 Å². The first kappa shape index (κ1) is 24.1. The third kappa shape index (κ3) is 5.09. The van der Waals surface area contributed by atoms with Crippen molar-refractivity contribution in [2.75, 3.05) is 21.3 Å². The molecule has 3 aromatic rings. The Labute approximate surface area is 197 Å². The predicted octanol–water partition coefficient (Wildman–Crippen LogP) is 3.16. The van der Waals surface area contributed by atoms with Crippen LogP contribution in [0.2, 0.25) is 0 Å². The number of carbonyl (C=O) groups excluding carboxylic acids is 2. The summed E-state index contributed by atoms with van der Waals surface area (Å²) < 4.78 is 15.8. The van der Waals surface area contributed by atoms with Gasteiger partial charge >= 0.3 is 0 Å². The number of primary amides is 1. The third-order valence-electron chi connectivity index (χ3n) is 5.10. The lowest BCUT2D eigenvalue weighted by Crippen LogP contribution is -2.36. The second-order valence-electron chi connectivity index (χ2n) is 7.28. The van der Waals surface area contributed by atoms with Crippen LogP contribution in [0, 0.1) is 6.92 Å². The van der Waals surface area contributed by atoms with Crippen molar-refractivity contribution in [3.63, 3.8) is 0 Å². The molecule has 0 fully saturated rings. The summed E-state index contributed by atoms with van der Waals surface area (Å²) in [5, 5.41) is 2.51. The fraction of sp³-hybridized carbons (Fsp3) is 0.160. The lowest BCUT2D eigenvalue weighted by Gasteiger charge is -2.14. The molecule has 3 rings (SSSR count). The van der Waals surface area contributed by atoms with Crippen molar-refractivity contribution in [2.24, 2.45) is 16.5 Å². The Hall–Kier alpha value is -4.53. The Morgan fingerprint density at radius 3 is 2.03 bits per heavy atom. The van der Waals surface area contributed by atoms with E-state index >= 15 is 0 Å². The van der Waals surface area contributed by atoms with Crippen LogP contribution in [0.5, 0.6) is 17.2 Å². The van der Waals surface area contributed by atoms with Crippen LogP contribution in [0.15, 0.2) is 59.6 Å². The number of nitrogens with two attached hydrogens (primary N) is 2. The van der Waals surface area contributed by atoms with Crippen LogP contribution < -0.4 is 31.0 Å². The summed E-state index contributed by atoms with van der Waals surface area (Å²) in [6.45, 7) is 1.87. The van der Waals surface area contributed by atoms with E-state index in [1.54, 1.807) is 12.1 Å². The third-order valence-corrected chi connectivity index (χ3v) is 5.10. The zero-order valence-electron chi connectivity index (χ0n) is 19.3. The second kappa shape index (κ2) is 10.4. The van der Waals surface area contributed by atoms with E-state index < -0.39 is 11.8 Å². The van der Waals surface area contributed by atoms with Crippen LogP contribution in [0.25, 0.3) is 11.1 Å². The van der Waals surface area contributed by atoms with Crippen molar-refractivity contribution in [1.29, 1.82) is 0 Å². The molecule has 176 valence electrons. The van der Waals surface area contributed by atoms with Gasteiger partial charge in [0.1, 0.15) is 0 Å². The number of methoxy groups -OCH3 is 3. The molecule has 0 aliphatic carbocycles. The van der Waals surface area contributed by atoms with Gasteiger partial charge in [-0.1, -0.05) is 30.3 Å². The maximum absolute atomic E-state index is 12.8. The molecule has 9 heteroatoms. The number of hydrogen-bond acceptors (Lipinski definition) is 6. The molecule has 9 nitrogen and oxygen atoms in total. The molecule has 0 radical (unpaired) electrons. The van der Waals surface area contributed by atoms with Crippen LogP contribution in [0.4, 0.5) is 5.69 Å². The average Bonchev–Trinajstić information content (AvgIpc) is 2.84. The summed E-state index contributed by atoms with van der Waals surface area (Å²) in [5.41, 5.74) is 14.8. The Bertz CT molecular complexity index is 1230. The van der Waals surface area contributed by atoms with Gasteiger partial charge < -0.3 is 25.7 Å². The zero-order valence-corrected chi connectivity index (χ0v) is 19.3. The molecule has 0 spiro atoms. The van der Waals surface area contributed by atoms with Gasteiger partial charge in [0.15, 0.2) is 11.5 Å². The molecule has 34 heavy (non-hydrogen) atoms. The summed E-state index contributed by atoms with van der Waals surface area (Å²) in [6.07, 6.45) is 0. The Morgan fingerprint density at radius 1 is 0.882 bits per heavy atom. The number of rotatable bonds is 7. The number of benzene rings is 3. The maximum atomic E-state index is 12.8. The van der Waals surface area contributed by atoms with Crippen LogP contribution in [0.1, 0.15) is 26.3 Å². The predicted molar refractivity (Wildman–Crippen MR) is 130 cm³/mol. The van der Waals surface area contributed by atoms with Crippen molar-refractivity contribution < 1.29 is 23.8 Å². The molecule has 0 aliphatic heterocycles. The maximum Gasteiger partial charge on any atom is 0.258 e. The topological polar surface area (TPSA) is 138 Å². The lowest BCUT2D eigenvalue weighted by atomic mass is 9.97. The normalized spacial score (nSPS) is 11.0. The number of ether oxygens (including phenoxy) is 3. The summed E-state index contributed by atoms with van der Waals surface area (Å²) in [7, 11) is 4.36. The lowest BCUT2D eigenvalue weighted by molar-refractivity contribution is 0.0973. The van der Waals surface area contributed by atoms with Gasteiger partial charge in [0.05, 0.1) is 32.6 Å². The molecule has 0 saturated heterocycles. The van der Waals surface area contributed by atoms with Gasteiger partial charge in [-0.05, 0) is 47.9 Å². The quantitative estimate of drug-likeness (QED) is 0.364. The number of nitrogens with one attached hydrogen (secondary N) is 1. The number of carbonyl (C=O) groups is 2. The van der Waals surface area contributed by atoms with Crippen LogP contribution >= 0.6 is 0 Å². The van der Waals surface area contributed by atoms with E-state index in [4.69, 9.17) is 25.7 Å². The molecular formula is C25H26N4O5. The number of aryl methyl sites for hydroxylation is 1. The molecule has 0 aliphatic rings. The van der Waals surface area contributed by atoms with E-state index in [1.807, 2.05) is 37.3 Å². The molecule has 0 bridgehead atoms.